The monoisotopic (exact) mass is 515 g/mol. The summed E-state index contributed by atoms with van der Waals surface area (Å²) in [6, 6.07) is 7.82. The van der Waals surface area contributed by atoms with Crippen LogP contribution in [0.4, 0.5) is 0 Å². The molecule has 2 N–H and O–H groups in total. The van der Waals surface area contributed by atoms with E-state index in [9.17, 15) is 18.0 Å². The Morgan fingerprint density at radius 1 is 1.14 bits per heavy atom. The second kappa shape index (κ2) is 10.4. The number of hydrogen-bond donors (Lipinski definition) is 2. The van der Waals surface area contributed by atoms with Gasteiger partial charge in [-0.1, -0.05) is 24.3 Å². The van der Waals surface area contributed by atoms with Gasteiger partial charge in [-0.25, -0.2) is 13.2 Å². The van der Waals surface area contributed by atoms with Gasteiger partial charge >= 0.3 is 5.97 Å². The predicted molar refractivity (Wildman–Crippen MR) is 134 cm³/mol. The molecule has 10 nitrogen and oxygen atoms in total. The van der Waals surface area contributed by atoms with Crippen molar-refractivity contribution < 1.29 is 22.7 Å². The number of aromatic amines is 1. The molecule has 1 unspecified atom stereocenters. The van der Waals surface area contributed by atoms with Gasteiger partial charge in [0.15, 0.2) is 0 Å². The summed E-state index contributed by atoms with van der Waals surface area (Å²) in [6.07, 6.45) is 3.36. The number of likely N-dealkylation sites (tertiary alicyclic amines) is 1. The molecule has 0 saturated carbocycles. The molecule has 2 aromatic rings. The van der Waals surface area contributed by atoms with Gasteiger partial charge in [0.25, 0.3) is 10.0 Å². The second-order valence-electron chi connectivity index (χ2n) is 9.39. The first-order valence-corrected chi connectivity index (χ1v) is 13.5. The molecule has 2 aliphatic heterocycles. The van der Waals surface area contributed by atoms with Crippen LogP contribution in [0.1, 0.15) is 41.6 Å². The molecular weight excluding hydrogens is 482 g/mol. The van der Waals surface area contributed by atoms with Crippen LogP contribution < -0.4 is 0 Å². The maximum absolute atomic E-state index is 13.2. The van der Waals surface area contributed by atoms with Gasteiger partial charge in [-0.3, -0.25) is 10.2 Å². The number of benzene rings is 1. The van der Waals surface area contributed by atoms with E-state index in [0.29, 0.717) is 5.84 Å². The molecule has 0 bridgehead atoms. The molecular formula is C25H33N5O5S. The number of piperazine rings is 1. The minimum atomic E-state index is -4.00. The van der Waals surface area contributed by atoms with E-state index in [1.165, 1.54) is 24.5 Å². The fourth-order valence-electron chi connectivity index (χ4n) is 4.66. The lowest BCUT2D eigenvalue weighted by Crippen LogP contribution is -2.60. The number of esters is 1. The minimum absolute atomic E-state index is 0.00546. The fraction of sp³-hybridized carbons (Fsp3) is 0.480. The summed E-state index contributed by atoms with van der Waals surface area (Å²) < 4.78 is 32.3. The maximum Gasteiger partial charge on any atom is 0.329 e. The molecule has 194 valence electrons. The fourth-order valence-corrected chi connectivity index (χ4v) is 6.16. The molecule has 36 heavy (non-hydrogen) atoms. The van der Waals surface area contributed by atoms with E-state index in [1.807, 2.05) is 24.3 Å². The Hall–Kier alpha value is -3.18. The van der Waals surface area contributed by atoms with Gasteiger partial charge in [-0.2, -0.15) is 4.31 Å². The van der Waals surface area contributed by atoms with Crippen molar-refractivity contribution >= 4 is 27.7 Å². The van der Waals surface area contributed by atoms with Gasteiger partial charge < -0.3 is 19.5 Å². The van der Waals surface area contributed by atoms with Gasteiger partial charge in [-0.15, -0.1) is 0 Å². The Bertz CT molecular complexity index is 1230. The summed E-state index contributed by atoms with van der Waals surface area (Å²) in [5.41, 5.74) is 3.09. The Labute approximate surface area is 211 Å². The van der Waals surface area contributed by atoms with Crippen LogP contribution in [0.15, 0.2) is 35.4 Å². The van der Waals surface area contributed by atoms with Crippen molar-refractivity contribution in [1.82, 2.24) is 19.1 Å². The lowest BCUT2D eigenvalue weighted by molar-refractivity contribution is -0.157. The number of amidine groups is 1. The average molecular weight is 516 g/mol. The Morgan fingerprint density at radius 3 is 2.39 bits per heavy atom. The van der Waals surface area contributed by atoms with E-state index in [2.05, 4.69) is 9.88 Å². The molecule has 2 saturated heterocycles. The second-order valence-corrected chi connectivity index (χ2v) is 11.3. The summed E-state index contributed by atoms with van der Waals surface area (Å²) in [7, 11) is -2.78. The van der Waals surface area contributed by atoms with Crippen LogP contribution in [-0.2, 0) is 30.9 Å². The van der Waals surface area contributed by atoms with Crippen LogP contribution in [0.2, 0.25) is 0 Å². The quantitative estimate of drug-likeness (QED) is 0.344. The van der Waals surface area contributed by atoms with E-state index < -0.39 is 27.9 Å². The zero-order valence-electron chi connectivity index (χ0n) is 20.9. The van der Waals surface area contributed by atoms with E-state index in [4.69, 9.17) is 10.1 Å². The molecule has 3 heterocycles. The molecule has 0 spiro atoms. The first kappa shape index (κ1) is 25.9. The Balaban J connectivity index is 1.51. The zero-order valence-corrected chi connectivity index (χ0v) is 21.7. The van der Waals surface area contributed by atoms with Crippen LogP contribution in [-0.4, -0.2) is 84.5 Å². The third-order valence-electron chi connectivity index (χ3n) is 6.98. The van der Waals surface area contributed by atoms with E-state index in [1.54, 1.807) is 13.8 Å². The Kier molecular flexibility index (Phi) is 7.51. The van der Waals surface area contributed by atoms with Crippen LogP contribution in [0, 0.1) is 19.3 Å². The summed E-state index contributed by atoms with van der Waals surface area (Å²) in [6.45, 7) is 4.89. The van der Waals surface area contributed by atoms with Crippen molar-refractivity contribution in [3.63, 3.8) is 0 Å². The number of rotatable bonds is 6. The smallest absolute Gasteiger partial charge is 0.329 e. The third kappa shape index (κ3) is 5.17. The molecule has 0 radical (unpaired) electrons. The normalized spacial score (nSPS) is 19.4. The van der Waals surface area contributed by atoms with E-state index in [-0.39, 0.29) is 24.7 Å². The predicted octanol–water partition coefficient (Wildman–Crippen LogP) is 2.02. The number of nitrogens with zero attached hydrogens (tertiary/aromatic N) is 3. The standard InChI is InChI=1S/C25H33N5O5S/c1-17-13-22(27-18(17)2)36(33,34)29-15-21(25(32)35-3)30(23(31)16-29)14-19-7-9-20(10-8-19)24(26)28-11-5-4-6-12-28/h7-10,13,21,26-27H,4-6,11-12,14-16H2,1-3H3. The van der Waals surface area contributed by atoms with Crippen molar-refractivity contribution in [2.24, 2.45) is 0 Å². The number of H-pyrrole nitrogens is 1. The highest BCUT2D eigenvalue weighted by atomic mass is 32.2. The molecule has 2 fully saturated rings. The van der Waals surface area contributed by atoms with Crippen molar-refractivity contribution in [3.05, 3.63) is 52.7 Å². The van der Waals surface area contributed by atoms with Gasteiger partial charge in [0.2, 0.25) is 5.91 Å². The average Bonchev–Trinajstić information content (AvgIpc) is 3.23. The van der Waals surface area contributed by atoms with Gasteiger partial charge in [0.05, 0.1) is 13.7 Å². The molecule has 4 rings (SSSR count). The molecule has 1 amide bonds. The molecule has 1 aromatic heterocycles. The van der Waals surface area contributed by atoms with Crippen LogP contribution >= 0.6 is 0 Å². The van der Waals surface area contributed by atoms with Crippen molar-refractivity contribution in [1.29, 1.82) is 5.41 Å². The number of sulfonamides is 1. The molecule has 2 aliphatic rings. The number of carbonyl (C=O) groups is 2. The van der Waals surface area contributed by atoms with Crippen molar-refractivity contribution in [2.75, 3.05) is 33.3 Å². The number of amides is 1. The van der Waals surface area contributed by atoms with Crippen LogP contribution in [0.25, 0.3) is 0 Å². The topological polar surface area (TPSA) is 127 Å². The number of methoxy groups -OCH3 is 1. The maximum atomic E-state index is 13.2. The number of nitrogens with one attached hydrogen (secondary N) is 2. The largest absolute Gasteiger partial charge is 0.467 e. The third-order valence-corrected chi connectivity index (χ3v) is 8.71. The van der Waals surface area contributed by atoms with E-state index in [0.717, 1.165) is 52.6 Å². The number of aromatic nitrogens is 1. The van der Waals surface area contributed by atoms with Gasteiger partial charge in [0, 0.05) is 37.4 Å². The zero-order chi connectivity index (χ0) is 26.0. The lowest BCUT2D eigenvalue weighted by Gasteiger charge is -2.38. The highest BCUT2D eigenvalue weighted by molar-refractivity contribution is 7.89. The summed E-state index contributed by atoms with van der Waals surface area (Å²) in [5.74, 6) is -0.672. The highest BCUT2D eigenvalue weighted by Gasteiger charge is 2.42. The molecule has 11 heteroatoms. The number of hydrogen-bond acceptors (Lipinski definition) is 6. The van der Waals surface area contributed by atoms with Crippen LogP contribution in [0.3, 0.4) is 0 Å². The molecule has 0 aliphatic carbocycles. The lowest BCUT2D eigenvalue weighted by atomic mass is 10.1. The van der Waals surface area contributed by atoms with Crippen molar-refractivity contribution in [3.8, 4) is 0 Å². The SMILES string of the molecule is COC(=O)C1CN(S(=O)(=O)c2cc(C)c(C)[nH]2)CC(=O)N1Cc1ccc(C(=N)N2CCCCC2)cc1. The van der Waals surface area contributed by atoms with Gasteiger partial charge in [0.1, 0.15) is 16.9 Å². The summed E-state index contributed by atoms with van der Waals surface area (Å²) >= 11 is 0. The summed E-state index contributed by atoms with van der Waals surface area (Å²) in [5, 5.41) is 8.49. The first-order chi connectivity index (χ1) is 17.1. The van der Waals surface area contributed by atoms with Crippen molar-refractivity contribution in [2.45, 2.75) is 50.7 Å². The summed E-state index contributed by atoms with van der Waals surface area (Å²) in [4.78, 5) is 32.0. The first-order valence-electron chi connectivity index (χ1n) is 12.1. The van der Waals surface area contributed by atoms with E-state index >= 15 is 0 Å². The minimum Gasteiger partial charge on any atom is -0.467 e. The number of piperidine rings is 1. The molecule has 1 atom stereocenters. The van der Waals surface area contributed by atoms with Gasteiger partial charge in [-0.05, 0) is 50.3 Å². The Morgan fingerprint density at radius 2 is 1.81 bits per heavy atom. The molecule has 1 aromatic carbocycles. The number of carbonyl (C=O) groups excluding carboxylic acids is 2. The number of aryl methyl sites for hydroxylation is 2. The highest BCUT2D eigenvalue weighted by Crippen LogP contribution is 2.24. The van der Waals surface area contributed by atoms with Crippen LogP contribution in [0.5, 0.6) is 0 Å². The number of ether oxygens (including phenoxy) is 1.